The van der Waals surface area contributed by atoms with Crippen molar-refractivity contribution in [1.29, 1.82) is 0 Å². The third-order valence-electron chi connectivity index (χ3n) is 2.91. The number of carbonyl (C=O) groups is 2. The van der Waals surface area contributed by atoms with Crippen LogP contribution in [0.15, 0.2) is 48.5 Å². The number of hydrogen-bond donors (Lipinski definition) is 3. The van der Waals surface area contributed by atoms with Crippen molar-refractivity contribution in [2.24, 2.45) is 5.73 Å². The highest BCUT2D eigenvalue weighted by molar-refractivity contribution is 6.81. The van der Waals surface area contributed by atoms with Crippen molar-refractivity contribution in [3.8, 4) is 11.1 Å². The second-order valence-electron chi connectivity index (χ2n) is 4.26. The van der Waals surface area contributed by atoms with Gasteiger partial charge in [-0.2, -0.15) is 0 Å². The number of rotatable bonds is 4. The van der Waals surface area contributed by atoms with Crippen molar-refractivity contribution in [2.45, 2.75) is 0 Å². The van der Waals surface area contributed by atoms with Crippen molar-refractivity contribution < 1.29 is 19.6 Å². The van der Waals surface area contributed by atoms with E-state index in [4.69, 9.17) is 15.8 Å². The first-order valence-electron chi connectivity index (χ1n) is 5.89. The fraction of sp³-hybridized carbons (Fsp3) is 0. The monoisotopic (exact) mass is 269 g/mol. The van der Waals surface area contributed by atoms with Crippen molar-refractivity contribution >= 4 is 18.7 Å². The third-order valence-corrected chi connectivity index (χ3v) is 2.91. The van der Waals surface area contributed by atoms with Crippen LogP contribution in [0.2, 0.25) is 0 Å². The number of hydrogen-bond acceptors (Lipinski definition) is 4. The van der Waals surface area contributed by atoms with Gasteiger partial charge in [0.1, 0.15) is 0 Å². The Hall–Kier alpha value is -2.44. The van der Waals surface area contributed by atoms with Gasteiger partial charge >= 0.3 is 7.12 Å². The fourth-order valence-corrected chi connectivity index (χ4v) is 1.80. The molecule has 0 aliphatic carbocycles. The molecule has 0 spiro atoms. The van der Waals surface area contributed by atoms with Gasteiger partial charge in [0.25, 0.3) is 0 Å². The maximum Gasteiger partial charge on any atom is 0.532 e. The number of primary amides is 1. The van der Waals surface area contributed by atoms with Crippen LogP contribution in [0.3, 0.4) is 0 Å². The highest BCUT2D eigenvalue weighted by atomic mass is 16.4. The Bertz CT molecular complexity index is 635. The normalized spacial score (nSPS) is 10.1. The van der Waals surface area contributed by atoms with E-state index in [1.165, 1.54) is 12.1 Å². The van der Waals surface area contributed by atoms with Crippen LogP contribution < -0.4 is 5.73 Å². The van der Waals surface area contributed by atoms with Gasteiger partial charge in [0, 0.05) is 11.1 Å². The topological polar surface area (TPSA) is 101 Å². The van der Waals surface area contributed by atoms with E-state index in [1.807, 2.05) is 0 Å². The molecule has 20 heavy (non-hydrogen) atoms. The summed E-state index contributed by atoms with van der Waals surface area (Å²) in [5.41, 5.74) is 6.75. The Kier molecular flexibility index (Phi) is 3.98. The average molecular weight is 269 g/mol. The number of benzene rings is 2. The Morgan fingerprint density at radius 3 is 1.55 bits per heavy atom. The van der Waals surface area contributed by atoms with Crippen molar-refractivity contribution in [1.82, 2.24) is 0 Å². The number of amides is 1. The molecule has 0 bridgehead atoms. The maximum atomic E-state index is 11.4. The smallest absolute Gasteiger partial charge is 0.421 e. The maximum absolute atomic E-state index is 11.4. The molecule has 2 rings (SSSR count). The summed E-state index contributed by atoms with van der Waals surface area (Å²) in [6.07, 6.45) is 0. The summed E-state index contributed by atoms with van der Waals surface area (Å²) in [6, 6.07) is 13.1. The summed E-state index contributed by atoms with van der Waals surface area (Å²) in [4.78, 5) is 22.3. The highest BCUT2D eigenvalue weighted by Gasteiger charge is 2.21. The van der Waals surface area contributed by atoms with Gasteiger partial charge in [-0.05, 0) is 23.3 Å². The molecule has 0 saturated carbocycles. The first-order chi connectivity index (χ1) is 9.49. The minimum Gasteiger partial charge on any atom is -0.421 e. The van der Waals surface area contributed by atoms with Crippen LogP contribution in [0.4, 0.5) is 0 Å². The zero-order chi connectivity index (χ0) is 14.7. The summed E-state index contributed by atoms with van der Waals surface area (Å²) in [7, 11) is -2.00. The van der Waals surface area contributed by atoms with Crippen LogP contribution in [-0.4, -0.2) is 28.8 Å². The lowest BCUT2D eigenvalue weighted by Gasteiger charge is -2.04. The molecule has 0 aliphatic heterocycles. The van der Waals surface area contributed by atoms with E-state index >= 15 is 0 Å². The quantitative estimate of drug-likeness (QED) is 0.709. The molecule has 6 heteroatoms. The molecule has 0 aliphatic rings. The largest absolute Gasteiger partial charge is 0.532 e. The molecule has 2 aromatic carbocycles. The van der Waals surface area contributed by atoms with E-state index in [-0.39, 0.29) is 5.56 Å². The molecular formula is C14H12BNO4. The number of carbonyl (C=O) groups excluding carboxylic acids is 2. The minimum absolute atomic E-state index is 0.220. The van der Waals surface area contributed by atoms with Crippen LogP contribution >= 0.6 is 0 Å². The first-order valence-corrected chi connectivity index (χ1v) is 5.89. The predicted octanol–water partition coefficient (Wildman–Crippen LogP) is 0.647. The zero-order valence-electron chi connectivity index (χ0n) is 10.5. The first kappa shape index (κ1) is 14.0. The Labute approximate surface area is 115 Å². The van der Waals surface area contributed by atoms with Crippen molar-refractivity contribution in [3.63, 3.8) is 0 Å². The Balaban J connectivity index is 2.26. The second-order valence-corrected chi connectivity index (χ2v) is 4.26. The molecular weight excluding hydrogens is 257 g/mol. The minimum atomic E-state index is -2.00. The number of nitrogens with two attached hydrogens (primary N) is 1. The Morgan fingerprint density at radius 1 is 0.800 bits per heavy atom. The molecule has 100 valence electrons. The van der Waals surface area contributed by atoms with E-state index < -0.39 is 18.7 Å². The van der Waals surface area contributed by atoms with E-state index in [1.54, 1.807) is 36.4 Å². The molecule has 5 nitrogen and oxygen atoms in total. The zero-order valence-corrected chi connectivity index (χ0v) is 10.5. The molecule has 0 heterocycles. The lowest BCUT2D eigenvalue weighted by Crippen LogP contribution is -2.25. The average Bonchev–Trinajstić information content (AvgIpc) is 2.46. The van der Waals surface area contributed by atoms with Crippen LogP contribution in [0.25, 0.3) is 11.1 Å². The summed E-state index contributed by atoms with van der Waals surface area (Å²) in [5, 5.41) is 17.6. The van der Waals surface area contributed by atoms with Gasteiger partial charge in [-0.1, -0.05) is 36.4 Å². The van der Waals surface area contributed by atoms with Gasteiger partial charge < -0.3 is 15.8 Å². The molecule has 0 saturated heterocycles. The van der Waals surface area contributed by atoms with Crippen molar-refractivity contribution in [2.75, 3.05) is 0 Å². The van der Waals surface area contributed by atoms with Gasteiger partial charge in [-0.25, -0.2) is 0 Å². The molecule has 2 aromatic rings. The Morgan fingerprint density at radius 2 is 1.20 bits per heavy atom. The van der Waals surface area contributed by atoms with Crippen LogP contribution in [0.5, 0.6) is 0 Å². The fourth-order valence-electron chi connectivity index (χ4n) is 1.80. The predicted molar refractivity (Wildman–Crippen MR) is 74.9 cm³/mol. The molecule has 0 radical (unpaired) electrons. The molecule has 0 fully saturated rings. The molecule has 0 atom stereocenters. The van der Waals surface area contributed by atoms with E-state index in [0.29, 0.717) is 5.56 Å². The van der Waals surface area contributed by atoms with Crippen LogP contribution in [0.1, 0.15) is 20.7 Å². The lowest BCUT2D eigenvalue weighted by molar-refractivity contribution is 0.0999. The lowest BCUT2D eigenvalue weighted by atomic mass is 9.80. The van der Waals surface area contributed by atoms with Crippen molar-refractivity contribution in [3.05, 3.63) is 59.7 Å². The summed E-state index contributed by atoms with van der Waals surface area (Å²) in [6.45, 7) is 0. The van der Waals surface area contributed by atoms with Gasteiger partial charge in [-0.3, -0.25) is 9.59 Å². The standard InChI is InChI=1S/C14H12BNO4/c16-14(18)12-7-3-10(4-8-12)9-1-5-11(6-2-9)13(17)15(19)20/h1-8,19-20H,(H2,16,18). The summed E-state index contributed by atoms with van der Waals surface area (Å²) in [5.74, 6) is -0.491. The van der Waals surface area contributed by atoms with Crippen LogP contribution in [-0.2, 0) is 0 Å². The SMILES string of the molecule is NC(=O)c1ccc(-c2ccc(C(=O)B(O)O)cc2)cc1. The van der Waals surface area contributed by atoms with E-state index in [0.717, 1.165) is 11.1 Å². The third kappa shape index (κ3) is 2.93. The van der Waals surface area contributed by atoms with Gasteiger partial charge in [0.05, 0.1) is 0 Å². The van der Waals surface area contributed by atoms with Gasteiger partial charge in [0.2, 0.25) is 5.91 Å². The molecule has 0 aromatic heterocycles. The molecule has 1 amide bonds. The highest BCUT2D eigenvalue weighted by Crippen LogP contribution is 2.20. The summed E-state index contributed by atoms with van der Waals surface area (Å²) >= 11 is 0. The van der Waals surface area contributed by atoms with E-state index in [2.05, 4.69) is 0 Å². The second kappa shape index (κ2) is 5.69. The molecule has 0 unspecified atom stereocenters. The van der Waals surface area contributed by atoms with Gasteiger partial charge in [0.15, 0.2) is 5.68 Å². The van der Waals surface area contributed by atoms with Crippen LogP contribution in [0, 0.1) is 0 Å². The van der Waals surface area contributed by atoms with Gasteiger partial charge in [-0.15, -0.1) is 0 Å². The molecule has 4 N–H and O–H groups in total. The summed E-state index contributed by atoms with van der Waals surface area (Å²) < 4.78 is 0. The van der Waals surface area contributed by atoms with E-state index in [9.17, 15) is 9.59 Å².